The van der Waals surface area contributed by atoms with E-state index in [0.29, 0.717) is 12.5 Å². The first-order valence-corrected chi connectivity index (χ1v) is 10.4. The Hall–Kier alpha value is -2.70. The minimum absolute atomic E-state index is 0.0236. The third-order valence-electron chi connectivity index (χ3n) is 5.08. The SMILES string of the molecule is CCNC(=NCC(C)Oc1cccc(OC)c1)N1CCC(Cc2cnn(C)c2)C1. The van der Waals surface area contributed by atoms with Crippen LogP contribution in [0.5, 0.6) is 11.5 Å². The second kappa shape index (κ2) is 10.2. The Morgan fingerprint density at radius 1 is 1.38 bits per heavy atom. The van der Waals surface area contributed by atoms with Crippen LogP contribution in [-0.2, 0) is 13.5 Å². The highest BCUT2D eigenvalue weighted by Gasteiger charge is 2.25. The first-order valence-electron chi connectivity index (χ1n) is 10.4. The molecule has 0 aliphatic carbocycles. The number of nitrogens with zero attached hydrogens (tertiary/aromatic N) is 4. The summed E-state index contributed by atoms with van der Waals surface area (Å²) in [6, 6.07) is 7.68. The van der Waals surface area contributed by atoms with Crippen molar-refractivity contribution in [2.45, 2.75) is 32.8 Å². The zero-order valence-corrected chi connectivity index (χ0v) is 18.0. The smallest absolute Gasteiger partial charge is 0.194 e. The van der Waals surface area contributed by atoms with E-state index in [1.807, 2.05) is 49.1 Å². The molecule has 1 aromatic heterocycles. The van der Waals surface area contributed by atoms with Crippen LogP contribution in [0.3, 0.4) is 0 Å². The van der Waals surface area contributed by atoms with Gasteiger partial charge in [0.1, 0.15) is 17.6 Å². The lowest BCUT2D eigenvalue weighted by molar-refractivity contribution is 0.228. The van der Waals surface area contributed by atoms with Crippen LogP contribution in [0, 0.1) is 5.92 Å². The average molecular weight is 400 g/mol. The highest BCUT2D eigenvalue weighted by Crippen LogP contribution is 2.22. The van der Waals surface area contributed by atoms with Crippen LogP contribution in [0.25, 0.3) is 0 Å². The highest BCUT2D eigenvalue weighted by atomic mass is 16.5. The summed E-state index contributed by atoms with van der Waals surface area (Å²) >= 11 is 0. The number of aromatic nitrogens is 2. The van der Waals surface area contributed by atoms with E-state index in [1.54, 1.807) is 7.11 Å². The number of hydrogen-bond donors (Lipinski definition) is 1. The molecule has 0 spiro atoms. The largest absolute Gasteiger partial charge is 0.497 e. The van der Waals surface area contributed by atoms with E-state index in [1.165, 1.54) is 12.0 Å². The van der Waals surface area contributed by atoms with Gasteiger partial charge in [0.15, 0.2) is 5.96 Å². The van der Waals surface area contributed by atoms with Crippen LogP contribution >= 0.6 is 0 Å². The monoisotopic (exact) mass is 399 g/mol. The van der Waals surface area contributed by atoms with Crippen LogP contribution in [0.4, 0.5) is 0 Å². The minimum atomic E-state index is -0.0236. The molecule has 0 bridgehead atoms. The molecule has 3 rings (SSSR count). The van der Waals surface area contributed by atoms with Gasteiger partial charge in [0.25, 0.3) is 0 Å². The van der Waals surface area contributed by atoms with Gasteiger partial charge in [0.05, 0.1) is 19.9 Å². The zero-order valence-electron chi connectivity index (χ0n) is 18.0. The van der Waals surface area contributed by atoms with Gasteiger partial charge in [-0.25, -0.2) is 4.99 Å². The van der Waals surface area contributed by atoms with Gasteiger partial charge in [0.2, 0.25) is 0 Å². The lowest BCUT2D eigenvalue weighted by atomic mass is 10.0. The predicted octanol–water partition coefficient (Wildman–Crippen LogP) is 2.73. The molecule has 0 radical (unpaired) electrons. The number of benzene rings is 1. The Bertz CT molecular complexity index is 804. The molecule has 2 atom stereocenters. The molecule has 1 N–H and O–H groups in total. The molecule has 29 heavy (non-hydrogen) atoms. The summed E-state index contributed by atoms with van der Waals surface area (Å²) in [5.41, 5.74) is 1.31. The van der Waals surface area contributed by atoms with Crippen LogP contribution < -0.4 is 14.8 Å². The lowest BCUT2D eigenvalue weighted by Crippen LogP contribution is -2.40. The standard InChI is InChI=1S/C22H33N5O2/c1-5-23-22(24-13-17(2)29-21-8-6-7-20(12-21)28-4)27-10-9-18(16-27)11-19-14-25-26(3)15-19/h6-8,12,14-15,17-18H,5,9-11,13,16H2,1-4H3,(H,23,24). The van der Waals surface area contributed by atoms with Gasteiger partial charge in [-0.15, -0.1) is 0 Å². The average Bonchev–Trinajstić information content (AvgIpc) is 3.34. The Morgan fingerprint density at radius 3 is 2.93 bits per heavy atom. The van der Waals surface area contributed by atoms with E-state index in [0.717, 1.165) is 43.5 Å². The molecule has 0 saturated carbocycles. The van der Waals surface area contributed by atoms with Crippen molar-refractivity contribution in [3.63, 3.8) is 0 Å². The maximum atomic E-state index is 6.01. The first kappa shape index (κ1) is 21.0. The maximum absolute atomic E-state index is 6.01. The summed E-state index contributed by atoms with van der Waals surface area (Å²) in [4.78, 5) is 7.20. The van der Waals surface area contributed by atoms with Gasteiger partial charge < -0.3 is 19.7 Å². The Balaban J connectivity index is 1.54. The minimum Gasteiger partial charge on any atom is -0.497 e. The second-order valence-electron chi connectivity index (χ2n) is 7.63. The zero-order chi connectivity index (χ0) is 20.6. The first-order chi connectivity index (χ1) is 14.1. The molecule has 1 saturated heterocycles. The molecule has 2 heterocycles. The number of rotatable bonds is 8. The molecular weight excluding hydrogens is 366 g/mol. The predicted molar refractivity (Wildman–Crippen MR) is 116 cm³/mol. The van der Waals surface area contributed by atoms with Crippen molar-refractivity contribution < 1.29 is 9.47 Å². The van der Waals surface area contributed by atoms with Crippen LogP contribution in [0.15, 0.2) is 41.7 Å². The van der Waals surface area contributed by atoms with Crippen LogP contribution in [-0.4, -0.2) is 60.0 Å². The Kier molecular flexibility index (Phi) is 7.38. The van der Waals surface area contributed by atoms with Crippen molar-refractivity contribution in [2.75, 3.05) is 33.3 Å². The van der Waals surface area contributed by atoms with Gasteiger partial charge in [-0.05, 0) is 50.3 Å². The molecule has 7 heteroatoms. The molecule has 2 unspecified atom stereocenters. The highest BCUT2D eigenvalue weighted by molar-refractivity contribution is 5.80. The number of ether oxygens (including phenoxy) is 2. The number of hydrogen-bond acceptors (Lipinski definition) is 4. The summed E-state index contributed by atoms with van der Waals surface area (Å²) < 4.78 is 13.1. The fourth-order valence-electron chi connectivity index (χ4n) is 3.69. The van der Waals surface area contributed by atoms with E-state index < -0.39 is 0 Å². The van der Waals surface area contributed by atoms with E-state index >= 15 is 0 Å². The van der Waals surface area contributed by atoms with Gasteiger partial charge >= 0.3 is 0 Å². The van der Waals surface area contributed by atoms with E-state index in [-0.39, 0.29) is 6.10 Å². The number of methoxy groups -OCH3 is 1. The summed E-state index contributed by atoms with van der Waals surface area (Å²) in [5, 5.41) is 7.72. The molecule has 1 aliphatic heterocycles. The number of nitrogens with one attached hydrogen (secondary N) is 1. The molecular formula is C22H33N5O2. The molecule has 1 aromatic carbocycles. The van der Waals surface area contributed by atoms with Crippen LogP contribution in [0.1, 0.15) is 25.8 Å². The summed E-state index contributed by atoms with van der Waals surface area (Å²) in [6.07, 6.45) is 6.30. The third-order valence-corrected chi connectivity index (χ3v) is 5.08. The quantitative estimate of drug-likeness (QED) is 0.546. The molecule has 1 fully saturated rings. The van der Waals surface area contributed by atoms with Crippen LogP contribution in [0.2, 0.25) is 0 Å². The summed E-state index contributed by atoms with van der Waals surface area (Å²) in [5.74, 6) is 3.20. The van der Waals surface area contributed by atoms with Gasteiger partial charge in [0, 0.05) is 38.9 Å². The van der Waals surface area contributed by atoms with Crippen molar-refractivity contribution in [1.82, 2.24) is 20.0 Å². The maximum Gasteiger partial charge on any atom is 0.194 e. The van der Waals surface area contributed by atoms with E-state index in [2.05, 4.69) is 28.4 Å². The molecule has 158 valence electrons. The van der Waals surface area contributed by atoms with Crippen molar-refractivity contribution in [3.8, 4) is 11.5 Å². The molecule has 7 nitrogen and oxygen atoms in total. The van der Waals surface area contributed by atoms with Crippen molar-refractivity contribution in [3.05, 3.63) is 42.2 Å². The van der Waals surface area contributed by atoms with Crippen molar-refractivity contribution in [2.24, 2.45) is 18.0 Å². The number of aryl methyl sites for hydroxylation is 1. The lowest BCUT2D eigenvalue weighted by Gasteiger charge is -2.22. The third kappa shape index (κ3) is 6.14. The molecule has 2 aromatic rings. The van der Waals surface area contributed by atoms with Gasteiger partial charge in [-0.1, -0.05) is 6.07 Å². The van der Waals surface area contributed by atoms with E-state index in [9.17, 15) is 0 Å². The molecule has 1 aliphatic rings. The fraction of sp³-hybridized carbons (Fsp3) is 0.545. The summed E-state index contributed by atoms with van der Waals surface area (Å²) in [6.45, 7) is 7.65. The van der Waals surface area contributed by atoms with Gasteiger partial charge in [-0.2, -0.15) is 5.10 Å². The van der Waals surface area contributed by atoms with Crippen molar-refractivity contribution in [1.29, 1.82) is 0 Å². The van der Waals surface area contributed by atoms with E-state index in [4.69, 9.17) is 14.5 Å². The summed E-state index contributed by atoms with van der Waals surface area (Å²) in [7, 11) is 3.63. The Morgan fingerprint density at radius 2 is 2.21 bits per heavy atom. The van der Waals surface area contributed by atoms with Crippen molar-refractivity contribution >= 4 is 5.96 Å². The second-order valence-corrected chi connectivity index (χ2v) is 7.63. The topological polar surface area (TPSA) is 63.9 Å². The number of likely N-dealkylation sites (tertiary alicyclic amines) is 1. The normalized spacial score (nSPS) is 18.0. The Labute approximate surface area is 173 Å². The van der Waals surface area contributed by atoms with Gasteiger partial charge in [-0.3, -0.25) is 4.68 Å². The number of guanidine groups is 1. The fourth-order valence-corrected chi connectivity index (χ4v) is 3.69. The molecule has 0 amide bonds. The number of aliphatic imine (C=N–C) groups is 1.